The summed E-state index contributed by atoms with van der Waals surface area (Å²) >= 11 is 0. The number of anilines is 1. The Morgan fingerprint density at radius 3 is 2.65 bits per heavy atom. The predicted octanol–water partition coefficient (Wildman–Crippen LogP) is 3.90. The van der Waals surface area contributed by atoms with E-state index in [1.807, 2.05) is 4.90 Å². The molecule has 4 heterocycles. The summed E-state index contributed by atoms with van der Waals surface area (Å²) in [5.74, 6) is -1.91. The molecule has 0 radical (unpaired) electrons. The lowest BCUT2D eigenvalue weighted by atomic mass is 10.0. The van der Waals surface area contributed by atoms with Crippen LogP contribution in [0.25, 0.3) is 16.9 Å². The summed E-state index contributed by atoms with van der Waals surface area (Å²) in [4.78, 5) is 36.3. The van der Waals surface area contributed by atoms with Gasteiger partial charge < -0.3 is 20.1 Å². The standard InChI is InChI=1S/C28H27F4N7O4/c1-16-21(27(41)34-17(2)20-12-19(3-4-22(20)29)43-28(30,31)32)11-18(13-33-16)23-5-6-25-35-24(14-39(25)37-23)36-26(40)15-38-7-9-42-10-8-38/h3-6,11-14,17H,7-10,15H2,1-2H3,(H,34,41)(H,36,40). The number of ether oxygens (including phenoxy) is 2. The second-order valence-electron chi connectivity index (χ2n) is 9.87. The number of rotatable bonds is 8. The number of aryl methyl sites for hydroxylation is 1. The van der Waals surface area contributed by atoms with E-state index < -0.39 is 29.9 Å². The van der Waals surface area contributed by atoms with Gasteiger partial charge in [0.2, 0.25) is 5.91 Å². The highest BCUT2D eigenvalue weighted by molar-refractivity contribution is 5.96. The molecule has 43 heavy (non-hydrogen) atoms. The fourth-order valence-corrected chi connectivity index (χ4v) is 4.55. The lowest BCUT2D eigenvalue weighted by molar-refractivity contribution is -0.274. The Morgan fingerprint density at radius 2 is 1.91 bits per heavy atom. The Bertz CT molecular complexity index is 1650. The third-order valence-corrected chi connectivity index (χ3v) is 6.70. The average Bonchev–Trinajstić information content (AvgIpc) is 3.35. The zero-order valence-electron chi connectivity index (χ0n) is 23.1. The highest BCUT2D eigenvalue weighted by Gasteiger charge is 2.31. The fourth-order valence-electron chi connectivity index (χ4n) is 4.55. The number of halogens is 4. The molecule has 2 N–H and O–H groups in total. The molecule has 1 aliphatic rings. The second kappa shape index (κ2) is 12.3. The molecule has 0 aliphatic carbocycles. The molecule has 1 fully saturated rings. The number of hydrogen-bond donors (Lipinski definition) is 2. The molecule has 2 amide bonds. The number of carbonyl (C=O) groups excluding carboxylic acids is 2. The molecular formula is C28H27F4N7O4. The molecule has 1 atom stereocenters. The van der Waals surface area contributed by atoms with Crippen LogP contribution in [0.2, 0.25) is 0 Å². The van der Waals surface area contributed by atoms with Gasteiger partial charge >= 0.3 is 6.36 Å². The van der Waals surface area contributed by atoms with Crippen LogP contribution >= 0.6 is 0 Å². The summed E-state index contributed by atoms with van der Waals surface area (Å²) in [6.45, 7) is 5.78. The molecule has 0 spiro atoms. The van der Waals surface area contributed by atoms with E-state index in [2.05, 4.69) is 30.4 Å². The molecule has 1 aliphatic heterocycles. The maximum Gasteiger partial charge on any atom is 0.573 e. The van der Waals surface area contributed by atoms with Gasteiger partial charge in [-0.1, -0.05) is 0 Å². The number of nitrogens with one attached hydrogen (secondary N) is 2. The van der Waals surface area contributed by atoms with Crippen molar-refractivity contribution >= 4 is 23.3 Å². The van der Waals surface area contributed by atoms with E-state index in [-0.39, 0.29) is 23.6 Å². The van der Waals surface area contributed by atoms with E-state index >= 15 is 0 Å². The number of hydrogen-bond acceptors (Lipinski definition) is 8. The van der Waals surface area contributed by atoms with Gasteiger partial charge in [-0.05, 0) is 50.2 Å². The second-order valence-corrected chi connectivity index (χ2v) is 9.87. The number of fused-ring (bicyclic) bond motifs is 1. The minimum Gasteiger partial charge on any atom is -0.406 e. The SMILES string of the molecule is Cc1ncc(-c2ccc3nc(NC(=O)CN4CCOCC4)cn3n2)cc1C(=O)NC(C)c1cc(OC(F)(F)F)ccc1F. The van der Waals surface area contributed by atoms with E-state index in [0.717, 1.165) is 18.2 Å². The lowest BCUT2D eigenvalue weighted by Gasteiger charge is -2.25. The minimum atomic E-state index is -4.95. The van der Waals surface area contributed by atoms with Crippen molar-refractivity contribution in [2.24, 2.45) is 0 Å². The summed E-state index contributed by atoms with van der Waals surface area (Å²) in [5.41, 5.74) is 1.78. The van der Waals surface area contributed by atoms with Crippen LogP contribution in [-0.2, 0) is 9.53 Å². The summed E-state index contributed by atoms with van der Waals surface area (Å²) in [7, 11) is 0. The van der Waals surface area contributed by atoms with Gasteiger partial charge in [0.05, 0.1) is 48.9 Å². The van der Waals surface area contributed by atoms with Crippen LogP contribution in [0.15, 0.2) is 48.8 Å². The van der Waals surface area contributed by atoms with Crippen LogP contribution in [0.1, 0.15) is 34.6 Å². The number of pyridine rings is 1. The van der Waals surface area contributed by atoms with Gasteiger partial charge in [0.25, 0.3) is 5.91 Å². The van der Waals surface area contributed by atoms with E-state index in [1.165, 1.54) is 17.6 Å². The number of alkyl halides is 3. The third-order valence-electron chi connectivity index (χ3n) is 6.70. The van der Waals surface area contributed by atoms with Crippen molar-refractivity contribution in [1.29, 1.82) is 0 Å². The summed E-state index contributed by atoms with van der Waals surface area (Å²) in [6, 6.07) is 6.51. The summed E-state index contributed by atoms with van der Waals surface area (Å²) in [5, 5.41) is 9.90. The molecule has 1 saturated heterocycles. The molecule has 4 aromatic rings. The number of imidazole rings is 1. The maximum atomic E-state index is 14.4. The summed E-state index contributed by atoms with van der Waals surface area (Å²) < 4.78 is 62.9. The highest BCUT2D eigenvalue weighted by Crippen LogP contribution is 2.28. The van der Waals surface area contributed by atoms with Crippen molar-refractivity contribution in [1.82, 2.24) is 29.8 Å². The molecule has 226 valence electrons. The Kier molecular flexibility index (Phi) is 8.54. The van der Waals surface area contributed by atoms with E-state index in [0.29, 0.717) is 54.7 Å². The van der Waals surface area contributed by atoms with Crippen LogP contribution in [0, 0.1) is 12.7 Å². The smallest absolute Gasteiger partial charge is 0.406 e. The molecule has 5 rings (SSSR count). The van der Waals surface area contributed by atoms with Crippen LogP contribution in [0.4, 0.5) is 23.4 Å². The number of benzene rings is 1. The van der Waals surface area contributed by atoms with Gasteiger partial charge in [-0.15, -0.1) is 13.2 Å². The fraction of sp³-hybridized carbons (Fsp3) is 0.321. The third kappa shape index (κ3) is 7.42. The van der Waals surface area contributed by atoms with Gasteiger partial charge in [-0.25, -0.2) is 13.9 Å². The number of morpholine rings is 1. The zero-order valence-corrected chi connectivity index (χ0v) is 23.1. The number of amides is 2. The Hall–Kier alpha value is -4.63. The van der Waals surface area contributed by atoms with Gasteiger partial charge in [0.15, 0.2) is 11.5 Å². The largest absolute Gasteiger partial charge is 0.573 e. The zero-order chi connectivity index (χ0) is 30.7. The van der Waals surface area contributed by atoms with E-state index in [1.54, 1.807) is 31.3 Å². The van der Waals surface area contributed by atoms with Gasteiger partial charge in [-0.3, -0.25) is 19.5 Å². The van der Waals surface area contributed by atoms with Gasteiger partial charge in [0.1, 0.15) is 11.6 Å². The number of nitrogens with zero attached hydrogens (tertiary/aromatic N) is 5. The molecular weight excluding hydrogens is 574 g/mol. The molecule has 0 saturated carbocycles. The molecule has 3 aromatic heterocycles. The lowest BCUT2D eigenvalue weighted by Crippen LogP contribution is -2.41. The molecule has 1 aromatic carbocycles. The topological polar surface area (TPSA) is 123 Å². The summed E-state index contributed by atoms with van der Waals surface area (Å²) in [6.07, 6.45) is -1.85. The number of carbonyl (C=O) groups is 2. The molecule has 11 nitrogen and oxygen atoms in total. The molecule has 15 heteroatoms. The van der Waals surface area contributed by atoms with Crippen molar-refractivity contribution in [2.45, 2.75) is 26.3 Å². The van der Waals surface area contributed by atoms with E-state index in [9.17, 15) is 27.2 Å². The van der Waals surface area contributed by atoms with Crippen molar-refractivity contribution in [3.8, 4) is 17.0 Å². The first kappa shape index (κ1) is 29.8. The van der Waals surface area contributed by atoms with Crippen molar-refractivity contribution in [3.05, 3.63) is 71.4 Å². The van der Waals surface area contributed by atoms with E-state index in [4.69, 9.17) is 4.74 Å². The van der Waals surface area contributed by atoms with Crippen molar-refractivity contribution in [3.63, 3.8) is 0 Å². The van der Waals surface area contributed by atoms with Gasteiger partial charge in [0, 0.05) is 30.4 Å². The normalized spacial score (nSPS) is 14.8. The Balaban J connectivity index is 1.30. The molecule has 1 unspecified atom stereocenters. The Morgan fingerprint density at radius 1 is 1.14 bits per heavy atom. The van der Waals surface area contributed by atoms with Gasteiger partial charge in [-0.2, -0.15) is 5.10 Å². The minimum absolute atomic E-state index is 0.163. The first-order valence-electron chi connectivity index (χ1n) is 13.2. The van der Waals surface area contributed by atoms with Crippen LogP contribution in [0.5, 0.6) is 5.75 Å². The van der Waals surface area contributed by atoms with Crippen LogP contribution in [0.3, 0.4) is 0 Å². The van der Waals surface area contributed by atoms with Crippen molar-refractivity contribution < 1.29 is 36.6 Å². The Labute approximate surface area is 242 Å². The monoisotopic (exact) mass is 601 g/mol. The first-order valence-corrected chi connectivity index (χ1v) is 13.2. The maximum absolute atomic E-state index is 14.4. The predicted molar refractivity (Wildman–Crippen MR) is 146 cm³/mol. The molecule has 0 bridgehead atoms. The number of aromatic nitrogens is 4. The highest BCUT2D eigenvalue weighted by atomic mass is 19.4. The van der Waals surface area contributed by atoms with Crippen LogP contribution < -0.4 is 15.4 Å². The average molecular weight is 602 g/mol. The first-order chi connectivity index (χ1) is 20.4. The van der Waals surface area contributed by atoms with Crippen molar-refractivity contribution in [2.75, 3.05) is 38.2 Å². The quantitative estimate of drug-likeness (QED) is 0.292. The van der Waals surface area contributed by atoms with Crippen LogP contribution in [-0.4, -0.2) is 75.5 Å².